The molecular formula is C13H12ClN3O3. The number of anilines is 2. The molecule has 0 saturated carbocycles. The number of nitrogens with one attached hydrogen (secondary N) is 2. The van der Waals surface area contributed by atoms with Crippen LogP contribution in [0.3, 0.4) is 0 Å². The van der Waals surface area contributed by atoms with E-state index in [9.17, 15) is 9.59 Å². The van der Waals surface area contributed by atoms with Crippen LogP contribution in [0.1, 0.15) is 20.7 Å². The number of nitrogen functional groups attached to an aromatic ring is 1. The monoisotopic (exact) mass is 293 g/mol. The van der Waals surface area contributed by atoms with Crippen molar-refractivity contribution in [3.63, 3.8) is 0 Å². The van der Waals surface area contributed by atoms with Gasteiger partial charge in [0.25, 0.3) is 5.91 Å². The molecule has 4 N–H and O–H groups in total. The summed E-state index contributed by atoms with van der Waals surface area (Å²) >= 11 is 5.76. The number of nitrogens with two attached hydrogens (primary N) is 1. The van der Waals surface area contributed by atoms with Crippen LogP contribution in [0.4, 0.5) is 11.5 Å². The number of esters is 1. The van der Waals surface area contributed by atoms with Crippen molar-refractivity contribution in [1.29, 1.82) is 0 Å². The highest BCUT2D eigenvalue weighted by atomic mass is 35.5. The molecule has 6 nitrogen and oxygen atoms in total. The quantitative estimate of drug-likeness (QED) is 0.756. The van der Waals surface area contributed by atoms with E-state index in [1.807, 2.05) is 0 Å². The number of aromatic nitrogens is 1. The molecule has 2 rings (SSSR count). The number of rotatable bonds is 3. The Morgan fingerprint density at radius 2 is 1.95 bits per heavy atom. The van der Waals surface area contributed by atoms with Gasteiger partial charge in [0.05, 0.1) is 18.2 Å². The highest BCUT2D eigenvalue weighted by Gasteiger charge is 2.22. The zero-order valence-corrected chi connectivity index (χ0v) is 11.3. The molecule has 1 heterocycles. The first-order valence-corrected chi connectivity index (χ1v) is 6.02. The molecule has 0 unspecified atom stereocenters. The summed E-state index contributed by atoms with van der Waals surface area (Å²) < 4.78 is 4.59. The molecule has 1 amide bonds. The van der Waals surface area contributed by atoms with E-state index in [2.05, 4.69) is 15.0 Å². The molecule has 2 aromatic rings. The van der Waals surface area contributed by atoms with Gasteiger partial charge in [-0.1, -0.05) is 11.6 Å². The van der Waals surface area contributed by atoms with Gasteiger partial charge in [-0.3, -0.25) is 4.79 Å². The minimum atomic E-state index is -0.640. The lowest BCUT2D eigenvalue weighted by Crippen LogP contribution is -2.17. The van der Waals surface area contributed by atoms with Gasteiger partial charge in [-0.25, -0.2) is 4.79 Å². The summed E-state index contributed by atoms with van der Waals surface area (Å²) in [5.74, 6) is -1.05. The maximum absolute atomic E-state index is 12.2. The lowest BCUT2D eigenvalue weighted by Gasteiger charge is -2.06. The Hall–Kier alpha value is -2.47. The fraction of sp³-hybridized carbons (Fsp3) is 0.0769. The van der Waals surface area contributed by atoms with Gasteiger partial charge < -0.3 is 20.8 Å². The summed E-state index contributed by atoms with van der Waals surface area (Å²) in [6.07, 6.45) is 1.33. The van der Waals surface area contributed by atoms with Crippen molar-refractivity contribution < 1.29 is 14.3 Å². The third kappa shape index (κ3) is 2.75. The molecule has 0 aliphatic heterocycles. The topological polar surface area (TPSA) is 97.2 Å². The molecule has 0 saturated heterocycles. The van der Waals surface area contributed by atoms with Crippen molar-refractivity contribution in [2.24, 2.45) is 0 Å². The van der Waals surface area contributed by atoms with Crippen LogP contribution in [0.2, 0.25) is 5.02 Å². The van der Waals surface area contributed by atoms with Gasteiger partial charge >= 0.3 is 5.97 Å². The van der Waals surface area contributed by atoms with E-state index in [-0.39, 0.29) is 16.9 Å². The lowest BCUT2D eigenvalue weighted by atomic mass is 10.1. The molecule has 0 atom stereocenters. The molecule has 0 aliphatic carbocycles. The Kier molecular flexibility index (Phi) is 3.95. The van der Waals surface area contributed by atoms with Crippen LogP contribution >= 0.6 is 11.6 Å². The smallest absolute Gasteiger partial charge is 0.340 e. The number of methoxy groups -OCH3 is 1. The van der Waals surface area contributed by atoms with Crippen LogP contribution in [0.15, 0.2) is 30.5 Å². The van der Waals surface area contributed by atoms with E-state index < -0.39 is 11.9 Å². The number of halogens is 1. The van der Waals surface area contributed by atoms with Crippen LogP contribution in [-0.2, 0) is 4.74 Å². The normalized spacial score (nSPS) is 10.1. The van der Waals surface area contributed by atoms with Gasteiger partial charge in [0.15, 0.2) is 0 Å². The van der Waals surface area contributed by atoms with Crippen LogP contribution in [-0.4, -0.2) is 24.0 Å². The summed E-state index contributed by atoms with van der Waals surface area (Å²) in [6.45, 7) is 0. The highest BCUT2D eigenvalue weighted by molar-refractivity contribution is 6.30. The number of carbonyl (C=O) groups is 2. The second kappa shape index (κ2) is 5.66. The van der Waals surface area contributed by atoms with Gasteiger partial charge in [0.1, 0.15) is 5.82 Å². The Bertz CT molecular complexity index is 649. The molecule has 0 spiro atoms. The fourth-order valence-corrected chi connectivity index (χ4v) is 1.81. The van der Waals surface area contributed by atoms with Gasteiger partial charge in [-0.2, -0.15) is 0 Å². The van der Waals surface area contributed by atoms with E-state index >= 15 is 0 Å². The maximum Gasteiger partial charge on any atom is 0.340 e. The molecule has 0 bridgehead atoms. The number of hydrogen-bond donors (Lipinski definition) is 3. The number of amides is 1. The molecule has 0 aliphatic rings. The summed E-state index contributed by atoms with van der Waals surface area (Å²) in [4.78, 5) is 26.3. The Labute approximate surface area is 119 Å². The molecule has 7 heteroatoms. The Morgan fingerprint density at radius 3 is 2.55 bits per heavy atom. The number of ether oxygens (including phenoxy) is 1. The molecule has 0 radical (unpaired) electrons. The van der Waals surface area contributed by atoms with Crippen LogP contribution in [0.25, 0.3) is 0 Å². The van der Waals surface area contributed by atoms with Gasteiger partial charge in [-0.15, -0.1) is 0 Å². The number of benzene rings is 1. The molecular weight excluding hydrogens is 282 g/mol. The van der Waals surface area contributed by atoms with E-state index in [0.717, 1.165) is 0 Å². The first-order chi connectivity index (χ1) is 9.52. The van der Waals surface area contributed by atoms with E-state index in [1.165, 1.54) is 13.3 Å². The molecule has 1 aromatic carbocycles. The van der Waals surface area contributed by atoms with Crippen LogP contribution < -0.4 is 11.1 Å². The second-order valence-electron chi connectivity index (χ2n) is 3.94. The van der Waals surface area contributed by atoms with Crippen molar-refractivity contribution in [3.05, 3.63) is 46.6 Å². The summed E-state index contributed by atoms with van der Waals surface area (Å²) in [7, 11) is 1.23. The molecule has 104 valence electrons. The fourth-order valence-electron chi connectivity index (χ4n) is 1.68. The third-order valence-electron chi connectivity index (χ3n) is 2.65. The number of aromatic amines is 1. The zero-order valence-electron chi connectivity index (χ0n) is 10.6. The SMILES string of the molecule is COC(=O)c1c[nH]c(N)c1C(=O)Nc1ccc(Cl)cc1. The average molecular weight is 294 g/mol. The summed E-state index contributed by atoms with van der Waals surface area (Å²) in [5.41, 5.74) is 6.33. The Morgan fingerprint density at radius 1 is 1.30 bits per heavy atom. The number of carbonyl (C=O) groups excluding carboxylic acids is 2. The molecule has 1 aromatic heterocycles. The van der Waals surface area contributed by atoms with Gasteiger partial charge in [0.2, 0.25) is 0 Å². The first-order valence-electron chi connectivity index (χ1n) is 5.65. The van der Waals surface area contributed by atoms with Crippen molar-refractivity contribution in [1.82, 2.24) is 4.98 Å². The zero-order chi connectivity index (χ0) is 14.7. The maximum atomic E-state index is 12.2. The number of H-pyrrole nitrogens is 1. The summed E-state index contributed by atoms with van der Waals surface area (Å²) in [6, 6.07) is 6.56. The molecule has 0 fully saturated rings. The predicted molar refractivity (Wildman–Crippen MR) is 75.9 cm³/mol. The third-order valence-corrected chi connectivity index (χ3v) is 2.90. The van der Waals surface area contributed by atoms with E-state index in [1.54, 1.807) is 24.3 Å². The largest absolute Gasteiger partial charge is 0.465 e. The van der Waals surface area contributed by atoms with Gasteiger partial charge in [0, 0.05) is 16.9 Å². The van der Waals surface area contributed by atoms with E-state index in [0.29, 0.717) is 10.7 Å². The number of hydrogen-bond acceptors (Lipinski definition) is 4. The Balaban J connectivity index is 2.27. The van der Waals surface area contributed by atoms with Gasteiger partial charge in [-0.05, 0) is 24.3 Å². The van der Waals surface area contributed by atoms with Crippen LogP contribution in [0, 0.1) is 0 Å². The summed E-state index contributed by atoms with van der Waals surface area (Å²) in [5, 5.41) is 3.18. The predicted octanol–water partition coefficient (Wildman–Crippen LogP) is 2.29. The van der Waals surface area contributed by atoms with Crippen molar-refractivity contribution >= 4 is 35.0 Å². The minimum Gasteiger partial charge on any atom is -0.465 e. The van der Waals surface area contributed by atoms with Crippen molar-refractivity contribution in [3.8, 4) is 0 Å². The standard InChI is InChI=1S/C13H12ClN3O3/c1-20-13(19)9-6-16-11(15)10(9)12(18)17-8-4-2-7(14)3-5-8/h2-6,16H,15H2,1H3,(H,17,18). The highest BCUT2D eigenvalue weighted by Crippen LogP contribution is 2.20. The lowest BCUT2D eigenvalue weighted by molar-refractivity contribution is 0.0598. The van der Waals surface area contributed by atoms with E-state index in [4.69, 9.17) is 17.3 Å². The molecule has 20 heavy (non-hydrogen) atoms. The van der Waals surface area contributed by atoms with Crippen molar-refractivity contribution in [2.75, 3.05) is 18.2 Å². The second-order valence-corrected chi connectivity index (χ2v) is 4.38. The van der Waals surface area contributed by atoms with Crippen molar-refractivity contribution in [2.45, 2.75) is 0 Å². The minimum absolute atomic E-state index is 0.0480. The average Bonchev–Trinajstić information content (AvgIpc) is 2.82. The van der Waals surface area contributed by atoms with Crippen LogP contribution in [0.5, 0.6) is 0 Å². The first kappa shape index (κ1) is 14.0.